The molecule has 0 aromatic rings. The first-order valence-electron chi connectivity index (χ1n) is 4.68. The van der Waals surface area contributed by atoms with E-state index in [1.54, 1.807) is 20.8 Å². The first-order chi connectivity index (χ1) is 5.84. The molecule has 0 saturated heterocycles. The molecule has 0 spiro atoms. The zero-order valence-electron chi connectivity index (χ0n) is 9.22. The fourth-order valence-corrected chi connectivity index (χ4v) is 0.504. The minimum absolute atomic E-state index is 0.323. The molecule has 0 unspecified atom stereocenters. The molecule has 3 nitrogen and oxygen atoms in total. The minimum Gasteiger partial charge on any atom is -0.298 e. The monoisotopic (exact) mass is 188 g/mol. The first-order valence-corrected chi connectivity index (χ1v) is 4.68. The topological polar surface area (TPSA) is 35.5 Å². The Kier molecular flexibility index (Phi) is 4.99. The molecular formula is C10H20O3. The van der Waals surface area contributed by atoms with Crippen molar-refractivity contribution in [3.8, 4) is 0 Å². The van der Waals surface area contributed by atoms with Gasteiger partial charge in [0.05, 0.1) is 12.0 Å². The predicted molar refractivity (Wildman–Crippen MR) is 51.0 cm³/mol. The van der Waals surface area contributed by atoms with Gasteiger partial charge in [0, 0.05) is 0 Å². The Morgan fingerprint density at radius 2 is 1.85 bits per heavy atom. The van der Waals surface area contributed by atoms with E-state index >= 15 is 0 Å². The van der Waals surface area contributed by atoms with Crippen LogP contribution >= 0.6 is 0 Å². The van der Waals surface area contributed by atoms with E-state index in [4.69, 9.17) is 4.89 Å². The summed E-state index contributed by atoms with van der Waals surface area (Å²) in [5.41, 5.74) is -0.488. The predicted octanol–water partition coefficient (Wildman–Crippen LogP) is 2.55. The summed E-state index contributed by atoms with van der Waals surface area (Å²) in [6.07, 6.45) is 0.900. The highest BCUT2D eigenvalue weighted by molar-refractivity contribution is 5.74. The molecule has 0 amide bonds. The Labute approximate surface area is 80.3 Å². The van der Waals surface area contributed by atoms with Gasteiger partial charge in [-0.2, -0.15) is 4.89 Å². The average Bonchev–Trinajstić information content (AvgIpc) is 1.95. The normalized spacial score (nSPS) is 11.8. The summed E-state index contributed by atoms with van der Waals surface area (Å²) in [5.74, 6) is 0.240. The van der Waals surface area contributed by atoms with Crippen molar-refractivity contribution >= 4 is 5.97 Å². The number of hydrogen-bond donors (Lipinski definition) is 0. The maximum atomic E-state index is 11.2. The van der Waals surface area contributed by atoms with Crippen molar-refractivity contribution in [1.82, 2.24) is 0 Å². The van der Waals surface area contributed by atoms with Gasteiger partial charge in [-0.25, -0.2) is 4.79 Å². The summed E-state index contributed by atoms with van der Waals surface area (Å²) in [7, 11) is 0. The summed E-state index contributed by atoms with van der Waals surface area (Å²) in [4.78, 5) is 20.6. The molecule has 3 heteroatoms. The molecule has 0 bridgehead atoms. The van der Waals surface area contributed by atoms with E-state index in [1.807, 2.05) is 0 Å². The van der Waals surface area contributed by atoms with Crippen LogP contribution in [0.2, 0.25) is 0 Å². The number of carbonyl (C=O) groups is 1. The Bertz CT molecular complexity index is 156. The lowest BCUT2D eigenvalue weighted by atomic mass is 9.98. The third-order valence-corrected chi connectivity index (χ3v) is 1.53. The van der Waals surface area contributed by atoms with E-state index in [0.29, 0.717) is 12.5 Å². The summed E-state index contributed by atoms with van der Waals surface area (Å²) in [5, 5.41) is 0. The molecular weight excluding hydrogens is 168 g/mol. The molecule has 0 aliphatic heterocycles. The second-order valence-electron chi connectivity index (χ2n) is 4.63. The van der Waals surface area contributed by atoms with Crippen LogP contribution in [-0.2, 0) is 14.6 Å². The highest BCUT2D eigenvalue weighted by atomic mass is 17.2. The van der Waals surface area contributed by atoms with Crippen LogP contribution in [0.5, 0.6) is 0 Å². The molecule has 0 aromatic carbocycles. The van der Waals surface area contributed by atoms with Gasteiger partial charge in [-0.05, 0) is 33.1 Å². The summed E-state index contributed by atoms with van der Waals surface area (Å²) in [6.45, 7) is 10.0. The molecule has 0 saturated carbocycles. The van der Waals surface area contributed by atoms with Crippen LogP contribution in [0.25, 0.3) is 0 Å². The number of rotatable bonds is 4. The molecule has 0 N–H and O–H groups in total. The summed E-state index contributed by atoms with van der Waals surface area (Å²) >= 11 is 0. The second-order valence-corrected chi connectivity index (χ2v) is 4.63. The molecule has 78 valence electrons. The molecule has 0 aromatic heterocycles. The van der Waals surface area contributed by atoms with Crippen LogP contribution in [0.15, 0.2) is 0 Å². The van der Waals surface area contributed by atoms with E-state index in [-0.39, 0.29) is 5.97 Å². The summed E-state index contributed by atoms with van der Waals surface area (Å²) < 4.78 is 0. The zero-order chi connectivity index (χ0) is 10.5. The number of carbonyl (C=O) groups excluding carboxylic acids is 1. The van der Waals surface area contributed by atoms with Gasteiger partial charge in [0.1, 0.15) is 0 Å². The maximum Gasteiger partial charge on any atom is 0.347 e. The Morgan fingerprint density at radius 3 is 2.23 bits per heavy atom. The highest BCUT2D eigenvalue weighted by Gasteiger charge is 2.24. The van der Waals surface area contributed by atoms with Crippen LogP contribution in [0, 0.1) is 11.3 Å². The van der Waals surface area contributed by atoms with Gasteiger partial charge in [0.25, 0.3) is 0 Å². The van der Waals surface area contributed by atoms with Gasteiger partial charge in [0.15, 0.2) is 0 Å². The smallest absolute Gasteiger partial charge is 0.298 e. The average molecular weight is 188 g/mol. The SMILES string of the molecule is CC(C)CCOOC(=O)C(C)(C)C. The molecule has 0 aliphatic rings. The van der Waals surface area contributed by atoms with Gasteiger partial charge in [0.2, 0.25) is 0 Å². The van der Waals surface area contributed by atoms with Crippen molar-refractivity contribution in [2.24, 2.45) is 11.3 Å². The molecule has 0 rings (SSSR count). The Balaban J connectivity index is 3.49. The van der Waals surface area contributed by atoms with E-state index in [0.717, 1.165) is 6.42 Å². The standard InChI is InChI=1S/C10H20O3/c1-8(2)6-7-12-13-9(11)10(3,4)5/h8H,6-7H2,1-5H3. The second kappa shape index (κ2) is 5.22. The van der Waals surface area contributed by atoms with Crippen molar-refractivity contribution in [3.05, 3.63) is 0 Å². The van der Waals surface area contributed by atoms with Crippen LogP contribution in [0.4, 0.5) is 0 Å². The van der Waals surface area contributed by atoms with E-state index in [1.165, 1.54) is 0 Å². The fourth-order valence-electron chi connectivity index (χ4n) is 0.504. The maximum absolute atomic E-state index is 11.2. The van der Waals surface area contributed by atoms with Gasteiger partial charge in [-0.1, -0.05) is 13.8 Å². The largest absolute Gasteiger partial charge is 0.347 e. The van der Waals surface area contributed by atoms with E-state index in [9.17, 15) is 4.79 Å². The van der Waals surface area contributed by atoms with E-state index < -0.39 is 5.41 Å². The van der Waals surface area contributed by atoms with Gasteiger partial charge >= 0.3 is 5.97 Å². The van der Waals surface area contributed by atoms with Gasteiger partial charge in [-0.15, -0.1) is 0 Å². The van der Waals surface area contributed by atoms with Gasteiger partial charge in [-0.3, -0.25) is 4.89 Å². The molecule has 13 heavy (non-hydrogen) atoms. The van der Waals surface area contributed by atoms with Crippen molar-refractivity contribution in [2.75, 3.05) is 6.61 Å². The molecule has 0 radical (unpaired) electrons. The van der Waals surface area contributed by atoms with Crippen molar-refractivity contribution in [3.63, 3.8) is 0 Å². The quantitative estimate of drug-likeness (QED) is 0.386. The third-order valence-electron chi connectivity index (χ3n) is 1.53. The highest BCUT2D eigenvalue weighted by Crippen LogP contribution is 2.15. The lowest BCUT2D eigenvalue weighted by molar-refractivity contribution is -0.280. The molecule has 0 atom stereocenters. The lowest BCUT2D eigenvalue weighted by Crippen LogP contribution is -2.23. The fraction of sp³-hybridized carbons (Fsp3) is 0.900. The van der Waals surface area contributed by atoms with Gasteiger partial charge < -0.3 is 0 Å². The van der Waals surface area contributed by atoms with E-state index in [2.05, 4.69) is 18.7 Å². The molecule has 0 fully saturated rings. The van der Waals surface area contributed by atoms with Crippen LogP contribution < -0.4 is 0 Å². The summed E-state index contributed by atoms with van der Waals surface area (Å²) in [6, 6.07) is 0. The van der Waals surface area contributed by atoms with Crippen LogP contribution in [0.1, 0.15) is 41.0 Å². The number of hydrogen-bond acceptors (Lipinski definition) is 3. The third kappa shape index (κ3) is 6.58. The Hall–Kier alpha value is -0.570. The Morgan fingerprint density at radius 1 is 1.31 bits per heavy atom. The van der Waals surface area contributed by atoms with Crippen LogP contribution in [0.3, 0.4) is 0 Å². The first kappa shape index (κ1) is 12.4. The van der Waals surface area contributed by atoms with Crippen LogP contribution in [-0.4, -0.2) is 12.6 Å². The molecule has 0 heterocycles. The lowest BCUT2D eigenvalue weighted by Gasteiger charge is -2.14. The van der Waals surface area contributed by atoms with Crippen molar-refractivity contribution in [1.29, 1.82) is 0 Å². The van der Waals surface area contributed by atoms with Crippen molar-refractivity contribution in [2.45, 2.75) is 41.0 Å². The van der Waals surface area contributed by atoms with Crippen molar-refractivity contribution < 1.29 is 14.6 Å². The molecule has 0 aliphatic carbocycles. The zero-order valence-corrected chi connectivity index (χ0v) is 9.22. The minimum atomic E-state index is -0.488.